The van der Waals surface area contributed by atoms with Crippen LogP contribution in [-0.2, 0) is 14.8 Å². The lowest BCUT2D eigenvalue weighted by Gasteiger charge is -2.22. The molecular formula is C20H25ClN2O5S. The van der Waals surface area contributed by atoms with Gasteiger partial charge in [0.15, 0.2) is 0 Å². The van der Waals surface area contributed by atoms with Crippen LogP contribution in [0.25, 0.3) is 0 Å². The topological polar surface area (TPSA) is 84.9 Å². The van der Waals surface area contributed by atoms with Crippen molar-refractivity contribution in [2.45, 2.75) is 19.8 Å². The molecule has 0 heterocycles. The lowest BCUT2D eigenvalue weighted by Crippen LogP contribution is -2.31. The van der Waals surface area contributed by atoms with Crippen LogP contribution in [0.1, 0.15) is 18.4 Å². The molecule has 0 aliphatic heterocycles. The Kier molecular flexibility index (Phi) is 7.75. The van der Waals surface area contributed by atoms with Crippen LogP contribution < -0.4 is 19.1 Å². The number of aryl methyl sites for hydroxylation is 1. The van der Waals surface area contributed by atoms with Gasteiger partial charge in [-0.1, -0.05) is 29.3 Å². The highest BCUT2D eigenvalue weighted by molar-refractivity contribution is 7.92. The van der Waals surface area contributed by atoms with E-state index >= 15 is 0 Å². The number of carbonyl (C=O) groups is 1. The Balaban J connectivity index is 2.04. The van der Waals surface area contributed by atoms with E-state index in [0.29, 0.717) is 34.3 Å². The number of halogens is 1. The number of anilines is 2. The molecule has 1 N–H and O–H groups in total. The maximum absolute atomic E-state index is 12.4. The van der Waals surface area contributed by atoms with Gasteiger partial charge in [0.1, 0.15) is 11.5 Å². The van der Waals surface area contributed by atoms with Gasteiger partial charge in [0, 0.05) is 25.1 Å². The SMILES string of the molecule is COc1cc(NC(=O)CCCN(c2ccc(C)cc2)S(C)(=O)=O)c(OC)cc1Cl. The fraction of sp³-hybridized carbons (Fsp3) is 0.350. The van der Waals surface area contributed by atoms with E-state index in [1.165, 1.54) is 18.5 Å². The van der Waals surface area contributed by atoms with Gasteiger partial charge < -0.3 is 14.8 Å². The zero-order valence-corrected chi connectivity index (χ0v) is 18.4. The summed E-state index contributed by atoms with van der Waals surface area (Å²) in [5.41, 5.74) is 2.04. The van der Waals surface area contributed by atoms with Gasteiger partial charge >= 0.3 is 0 Å². The summed E-state index contributed by atoms with van der Waals surface area (Å²) in [6.45, 7) is 2.12. The Bertz CT molecular complexity index is 962. The largest absolute Gasteiger partial charge is 0.495 e. The lowest BCUT2D eigenvalue weighted by molar-refractivity contribution is -0.116. The van der Waals surface area contributed by atoms with Crippen molar-refractivity contribution in [3.8, 4) is 11.5 Å². The van der Waals surface area contributed by atoms with Crippen LogP contribution in [0.5, 0.6) is 11.5 Å². The van der Waals surface area contributed by atoms with Crippen LogP contribution in [0.2, 0.25) is 5.02 Å². The number of ether oxygens (including phenoxy) is 2. The quantitative estimate of drug-likeness (QED) is 0.640. The summed E-state index contributed by atoms with van der Waals surface area (Å²) in [4.78, 5) is 12.4. The third-order valence-corrected chi connectivity index (χ3v) is 5.72. The minimum absolute atomic E-state index is 0.131. The minimum Gasteiger partial charge on any atom is -0.495 e. The number of rotatable bonds is 9. The molecular weight excluding hydrogens is 416 g/mol. The first-order valence-electron chi connectivity index (χ1n) is 8.91. The number of amides is 1. The molecule has 7 nitrogen and oxygen atoms in total. The fourth-order valence-electron chi connectivity index (χ4n) is 2.75. The third-order valence-electron chi connectivity index (χ3n) is 4.24. The van der Waals surface area contributed by atoms with Crippen LogP contribution >= 0.6 is 11.6 Å². The molecule has 2 aromatic carbocycles. The van der Waals surface area contributed by atoms with Gasteiger partial charge in [-0.25, -0.2) is 8.42 Å². The summed E-state index contributed by atoms with van der Waals surface area (Å²) in [6.07, 6.45) is 1.63. The van der Waals surface area contributed by atoms with E-state index in [1.807, 2.05) is 19.1 Å². The predicted molar refractivity (Wildman–Crippen MR) is 116 cm³/mol. The van der Waals surface area contributed by atoms with E-state index < -0.39 is 10.0 Å². The molecule has 2 rings (SSSR count). The van der Waals surface area contributed by atoms with E-state index in [0.717, 1.165) is 11.8 Å². The molecule has 0 spiro atoms. The summed E-state index contributed by atoms with van der Waals surface area (Å²) in [6, 6.07) is 10.3. The molecule has 0 radical (unpaired) electrons. The van der Waals surface area contributed by atoms with Crippen LogP contribution in [0.15, 0.2) is 36.4 Å². The molecule has 0 bridgehead atoms. The van der Waals surface area contributed by atoms with Gasteiger partial charge in [0.25, 0.3) is 0 Å². The third kappa shape index (κ3) is 6.27. The molecule has 29 heavy (non-hydrogen) atoms. The van der Waals surface area contributed by atoms with Gasteiger partial charge in [-0.05, 0) is 25.5 Å². The Labute approximate surface area is 176 Å². The Morgan fingerprint density at radius 1 is 1.10 bits per heavy atom. The second-order valence-electron chi connectivity index (χ2n) is 6.51. The highest BCUT2D eigenvalue weighted by Gasteiger charge is 2.18. The molecule has 0 aliphatic carbocycles. The number of nitrogens with zero attached hydrogens (tertiary/aromatic N) is 1. The van der Waals surface area contributed by atoms with Gasteiger partial charge in [0.05, 0.1) is 36.9 Å². The Hall–Kier alpha value is -2.45. The van der Waals surface area contributed by atoms with Crippen molar-refractivity contribution < 1.29 is 22.7 Å². The minimum atomic E-state index is -3.46. The van der Waals surface area contributed by atoms with Crippen LogP contribution in [0, 0.1) is 6.92 Å². The predicted octanol–water partition coefficient (Wildman–Crippen LogP) is 3.85. The van der Waals surface area contributed by atoms with Gasteiger partial charge in [-0.2, -0.15) is 0 Å². The standard InChI is InChI=1S/C20H25ClN2O5S/c1-14-7-9-15(10-8-14)23(29(4,25)26)11-5-6-20(24)22-17-13-18(27-2)16(21)12-19(17)28-3/h7-10,12-13H,5-6,11H2,1-4H3,(H,22,24). The van der Waals surface area contributed by atoms with Crippen LogP contribution in [-0.4, -0.2) is 41.3 Å². The van der Waals surface area contributed by atoms with E-state index in [4.69, 9.17) is 21.1 Å². The molecule has 0 unspecified atom stereocenters. The molecule has 9 heteroatoms. The van der Waals surface area contributed by atoms with E-state index in [-0.39, 0.29) is 18.9 Å². The molecule has 0 atom stereocenters. The number of hydrogen-bond acceptors (Lipinski definition) is 5. The summed E-state index contributed by atoms with van der Waals surface area (Å²) in [5.74, 6) is 0.539. The molecule has 0 aliphatic rings. The van der Waals surface area contributed by atoms with Crippen molar-refractivity contribution in [2.24, 2.45) is 0 Å². The molecule has 0 saturated heterocycles. The zero-order valence-electron chi connectivity index (χ0n) is 16.9. The van der Waals surface area contributed by atoms with Crippen molar-refractivity contribution in [3.63, 3.8) is 0 Å². The second kappa shape index (κ2) is 9.84. The maximum Gasteiger partial charge on any atom is 0.232 e. The van der Waals surface area contributed by atoms with Crippen molar-refractivity contribution in [1.29, 1.82) is 0 Å². The number of benzene rings is 2. The monoisotopic (exact) mass is 440 g/mol. The second-order valence-corrected chi connectivity index (χ2v) is 8.82. The first kappa shape index (κ1) is 22.8. The average molecular weight is 441 g/mol. The lowest BCUT2D eigenvalue weighted by atomic mass is 10.2. The highest BCUT2D eigenvalue weighted by Crippen LogP contribution is 2.36. The first-order valence-corrected chi connectivity index (χ1v) is 11.1. The molecule has 0 aromatic heterocycles. The van der Waals surface area contributed by atoms with Gasteiger partial charge in [0.2, 0.25) is 15.9 Å². The van der Waals surface area contributed by atoms with Crippen molar-refractivity contribution in [1.82, 2.24) is 0 Å². The number of nitrogens with one attached hydrogen (secondary N) is 1. The van der Waals surface area contributed by atoms with Gasteiger partial charge in [-0.3, -0.25) is 9.10 Å². The summed E-state index contributed by atoms with van der Waals surface area (Å²) < 4.78 is 36.0. The average Bonchev–Trinajstić information content (AvgIpc) is 2.66. The van der Waals surface area contributed by atoms with Gasteiger partial charge in [-0.15, -0.1) is 0 Å². The van der Waals surface area contributed by atoms with E-state index in [2.05, 4.69) is 5.32 Å². The number of sulfonamides is 1. The zero-order chi connectivity index (χ0) is 21.6. The van der Waals surface area contributed by atoms with Crippen LogP contribution in [0.4, 0.5) is 11.4 Å². The normalized spacial score (nSPS) is 11.1. The van der Waals surface area contributed by atoms with E-state index in [9.17, 15) is 13.2 Å². The number of methoxy groups -OCH3 is 2. The molecule has 0 fully saturated rings. The van der Waals surface area contributed by atoms with Crippen molar-refractivity contribution >= 4 is 38.9 Å². The molecule has 1 amide bonds. The summed E-state index contributed by atoms with van der Waals surface area (Å²) in [7, 11) is -0.514. The highest BCUT2D eigenvalue weighted by atomic mass is 35.5. The van der Waals surface area contributed by atoms with Crippen molar-refractivity contribution in [3.05, 3.63) is 47.0 Å². The number of carbonyl (C=O) groups excluding carboxylic acids is 1. The first-order chi connectivity index (χ1) is 13.7. The Morgan fingerprint density at radius 3 is 2.28 bits per heavy atom. The fourth-order valence-corrected chi connectivity index (χ4v) is 3.95. The van der Waals surface area contributed by atoms with E-state index in [1.54, 1.807) is 24.3 Å². The Morgan fingerprint density at radius 2 is 1.72 bits per heavy atom. The summed E-state index contributed by atoms with van der Waals surface area (Å²) in [5, 5.41) is 3.12. The van der Waals surface area contributed by atoms with Crippen molar-refractivity contribution in [2.75, 3.05) is 36.6 Å². The number of hydrogen-bond donors (Lipinski definition) is 1. The van der Waals surface area contributed by atoms with Crippen LogP contribution in [0.3, 0.4) is 0 Å². The smallest absolute Gasteiger partial charge is 0.232 e. The molecule has 158 valence electrons. The summed E-state index contributed by atoms with van der Waals surface area (Å²) >= 11 is 6.07. The molecule has 2 aromatic rings. The maximum atomic E-state index is 12.4. The molecule has 0 saturated carbocycles.